The van der Waals surface area contributed by atoms with Gasteiger partial charge in [0.25, 0.3) is 0 Å². The number of imide groups is 1. The second-order valence-corrected chi connectivity index (χ2v) is 3.55. The predicted molar refractivity (Wildman–Crippen MR) is 57.0 cm³/mol. The molecular formula is C11H12N2O3. The van der Waals surface area contributed by atoms with E-state index in [1.807, 2.05) is 12.1 Å². The molecule has 16 heavy (non-hydrogen) atoms. The van der Waals surface area contributed by atoms with Gasteiger partial charge in [0.2, 0.25) is 5.91 Å². The summed E-state index contributed by atoms with van der Waals surface area (Å²) in [6, 6.07) is 6.57. The standard InChI is InChI=1S/C11H12N2O3/c1-16-8-4-2-7(3-5-8)9-6-10(14)13-11(15)12-9/h2-5,9H,6H2,1H3,(H2,12,13,14,15). The Morgan fingerprint density at radius 2 is 1.94 bits per heavy atom. The molecule has 1 atom stereocenters. The molecule has 5 heteroatoms. The van der Waals surface area contributed by atoms with Crippen LogP contribution in [0, 0.1) is 0 Å². The van der Waals surface area contributed by atoms with Gasteiger partial charge in [-0.3, -0.25) is 10.1 Å². The van der Waals surface area contributed by atoms with Gasteiger partial charge in [-0.05, 0) is 17.7 Å². The molecule has 1 fully saturated rings. The second kappa shape index (κ2) is 4.22. The Hall–Kier alpha value is -2.04. The topological polar surface area (TPSA) is 67.4 Å². The molecule has 0 bridgehead atoms. The fourth-order valence-electron chi connectivity index (χ4n) is 1.65. The number of hydrogen-bond donors (Lipinski definition) is 2. The zero-order chi connectivity index (χ0) is 11.5. The number of hydrogen-bond acceptors (Lipinski definition) is 3. The number of rotatable bonds is 2. The van der Waals surface area contributed by atoms with E-state index in [1.165, 1.54) is 0 Å². The summed E-state index contributed by atoms with van der Waals surface area (Å²) >= 11 is 0. The van der Waals surface area contributed by atoms with Crippen LogP contribution in [-0.4, -0.2) is 19.0 Å². The zero-order valence-electron chi connectivity index (χ0n) is 8.82. The van der Waals surface area contributed by atoms with Crippen LogP contribution in [0.5, 0.6) is 5.75 Å². The van der Waals surface area contributed by atoms with Gasteiger partial charge in [-0.2, -0.15) is 0 Å². The van der Waals surface area contributed by atoms with Gasteiger partial charge in [0.05, 0.1) is 19.6 Å². The van der Waals surface area contributed by atoms with Gasteiger partial charge in [-0.1, -0.05) is 12.1 Å². The molecule has 0 spiro atoms. The van der Waals surface area contributed by atoms with Gasteiger partial charge in [0.1, 0.15) is 5.75 Å². The summed E-state index contributed by atoms with van der Waals surface area (Å²) in [6.45, 7) is 0. The predicted octanol–water partition coefficient (Wildman–Crippen LogP) is 0.966. The third-order valence-electron chi connectivity index (χ3n) is 2.47. The van der Waals surface area contributed by atoms with E-state index in [2.05, 4.69) is 10.6 Å². The molecule has 2 N–H and O–H groups in total. The van der Waals surface area contributed by atoms with Crippen molar-refractivity contribution in [3.63, 3.8) is 0 Å². The highest BCUT2D eigenvalue weighted by atomic mass is 16.5. The molecule has 1 aromatic carbocycles. The van der Waals surface area contributed by atoms with Crippen LogP contribution in [0.1, 0.15) is 18.0 Å². The first kappa shape index (κ1) is 10.5. The number of ether oxygens (including phenoxy) is 1. The highest BCUT2D eigenvalue weighted by Crippen LogP contribution is 2.21. The van der Waals surface area contributed by atoms with E-state index in [0.717, 1.165) is 11.3 Å². The lowest BCUT2D eigenvalue weighted by Gasteiger charge is -2.23. The van der Waals surface area contributed by atoms with E-state index >= 15 is 0 Å². The van der Waals surface area contributed by atoms with Crippen molar-refractivity contribution in [3.8, 4) is 5.75 Å². The average molecular weight is 220 g/mol. The number of carbonyl (C=O) groups excluding carboxylic acids is 2. The van der Waals surface area contributed by atoms with Gasteiger partial charge in [-0.15, -0.1) is 0 Å². The molecular weight excluding hydrogens is 208 g/mol. The van der Waals surface area contributed by atoms with Crippen LogP contribution in [0.25, 0.3) is 0 Å². The maximum Gasteiger partial charge on any atom is 0.321 e. The Balaban J connectivity index is 2.16. The molecule has 5 nitrogen and oxygen atoms in total. The van der Waals surface area contributed by atoms with Crippen molar-refractivity contribution in [2.75, 3.05) is 7.11 Å². The van der Waals surface area contributed by atoms with Crippen LogP contribution >= 0.6 is 0 Å². The van der Waals surface area contributed by atoms with E-state index in [9.17, 15) is 9.59 Å². The van der Waals surface area contributed by atoms with Crippen LogP contribution in [-0.2, 0) is 4.79 Å². The molecule has 0 aliphatic carbocycles. The van der Waals surface area contributed by atoms with Gasteiger partial charge >= 0.3 is 6.03 Å². The quantitative estimate of drug-likeness (QED) is 0.780. The number of methoxy groups -OCH3 is 1. The summed E-state index contributed by atoms with van der Waals surface area (Å²) in [5.41, 5.74) is 0.893. The van der Waals surface area contributed by atoms with Crippen LogP contribution in [0.15, 0.2) is 24.3 Å². The fourth-order valence-corrected chi connectivity index (χ4v) is 1.65. The summed E-state index contributed by atoms with van der Waals surface area (Å²) < 4.78 is 5.03. The number of benzene rings is 1. The lowest BCUT2D eigenvalue weighted by molar-refractivity contribution is -0.121. The molecule has 0 saturated carbocycles. The maximum absolute atomic E-state index is 11.2. The summed E-state index contributed by atoms with van der Waals surface area (Å²) in [5, 5.41) is 4.88. The van der Waals surface area contributed by atoms with Gasteiger partial charge in [0.15, 0.2) is 0 Å². The lowest BCUT2D eigenvalue weighted by Crippen LogP contribution is -2.48. The first-order valence-electron chi connectivity index (χ1n) is 4.93. The normalized spacial score (nSPS) is 19.9. The number of carbonyl (C=O) groups is 2. The van der Waals surface area contributed by atoms with Crippen molar-refractivity contribution in [1.29, 1.82) is 0 Å². The van der Waals surface area contributed by atoms with Gasteiger partial charge in [-0.25, -0.2) is 4.79 Å². The summed E-state index contributed by atoms with van der Waals surface area (Å²) in [7, 11) is 1.59. The van der Waals surface area contributed by atoms with E-state index in [0.29, 0.717) is 0 Å². The Morgan fingerprint density at radius 3 is 2.50 bits per heavy atom. The van der Waals surface area contributed by atoms with E-state index in [1.54, 1.807) is 19.2 Å². The third-order valence-corrected chi connectivity index (χ3v) is 2.47. The van der Waals surface area contributed by atoms with Crippen LogP contribution in [0.3, 0.4) is 0 Å². The zero-order valence-corrected chi connectivity index (χ0v) is 8.82. The third kappa shape index (κ3) is 2.13. The number of urea groups is 1. The molecule has 2 rings (SSSR count). The monoisotopic (exact) mass is 220 g/mol. The van der Waals surface area contributed by atoms with E-state index in [4.69, 9.17) is 4.74 Å². The molecule has 1 aliphatic rings. The van der Waals surface area contributed by atoms with E-state index in [-0.39, 0.29) is 18.4 Å². The first-order valence-corrected chi connectivity index (χ1v) is 4.93. The smallest absolute Gasteiger partial charge is 0.321 e. The van der Waals surface area contributed by atoms with Crippen molar-refractivity contribution in [1.82, 2.24) is 10.6 Å². The van der Waals surface area contributed by atoms with Crippen LogP contribution in [0.4, 0.5) is 4.79 Å². The highest BCUT2D eigenvalue weighted by Gasteiger charge is 2.24. The molecule has 0 aromatic heterocycles. The van der Waals surface area contributed by atoms with Gasteiger partial charge in [0, 0.05) is 0 Å². The Bertz CT molecular complexity index is 398. The Labute approximate surface area is 92.8 Å². The van der Waals surface area contributed by atoms with Crippen molar-refractivity contribution in [3.05, 3.63) is 29.8 Å². The average Bonchev–Trinajstić information content (AvgIpc) is 2.28. The second-order valence-electron chi connectivity index (χ2n) is 3.55. The van der Waals surface area contributed by atoms with Crippen molar-refractivity contribution in [2.45, 2.75) is 12.5 Å². The highest BCUT2D eigenvalue weighted by molar-refractivity contribution is 5.97. The fraction of sp³-hybridized carbons (Fsp3) is 0.273. The molecule has 1 saturated heterocycles. The Morgan fingerprint density at radius 1 is 1.25 bits per heavy atom. The molecule has 1 unspecified atom stereocenters. The largest absolute Gasteiger partial charge is 0.497 e. The van der Waals surface area contributed by atoms with Crippen molar-refractivity contribution >= 4 is 11.9 Å². The number of amides is 3. The Kier molecular flexibility index (Phi) is 2.76. The molecule has 84 valence electrons. The molecule has 0 radical (unpaired) electrons. The van der Waals surface area contributed by atoms with Crippen LogP contribution in [0.2, 0.25) is 0 Å². The minimum atomic E-state index is -0.447. The van der Waals surface area contributed by atoms with Gasteiger partial charge < -0.3 is 10.1 Å². The minimum Gasteiger partial charge on any atom is -0.497 e. The maximum atomic E-state index is 11.2. The molecule has 1 heterocycles. The minimum absolute atomic E-state index is 0.257. The molecule has 3 amide bonds. The SMILES string of the molecule is COc1ccc(C2CC(=O)NC(=O)N2)cc1. The van der Waals surface area contributed by atoms with E-state index < -0.39 is 6.03 Å². The van der Waals surface area contributed by atoms with Crippen molar-refractivity contribution < 1.29 is 14.3 Å². The summed E-state index contributed by atoms with van der Waals surface area (Å²) in [4.78, 5) is 22.3. The summed E-state index contributed by atoms with van der Waals surface area (Å²) in [6.07, 6.45) is 0.262. The summed E-state index contributed by atoms with van der Waals surface area (Å²) in [5.74, 6) is 0.486. The molecule has 1 aromatic rings. The molecule has 1 aliphatic heterocycles. The van der Waals surface area contributed by atoms with Crippen LogP contribution < -0.4 is 15.4 Å². The lowest BCUT2D eigenvalue weighted by atomic mass is 10.0. The first-order chi connectivity index (χ1) is 7.69. The van der Waals surface area contributed by atoms with Crippen molar-refractivity contribution in [2.24, 2.45) is 0 Å². The number of nitrogens with one attached hydrogen (secondary N) is 2.